The summed E-state index contributed by atoms with van der Waals surface area (Å²) in [5.74, 6) is 0.731. The van der Waals surface area contributed by atoms with Crippen LogP contribution in [0.25, 0.3) is 15.4 Å². The van der Waals surface area contributed by atoms with E-state index in [0.717, 1.165) is 38.9 Å². The van der Waals surface area contributed by atoms with Crippen LogP contribution in [0.2, 0.25) is 0 Å². The van der Waals surface area contributed by atoms with E-state index in [1.807, 2.05) is 39.9 Å². The number of piperidine rings is 1. The lowest BCUT2D eigenvalue weighted by Gasteiger charge is -2.27. The maximum Gasteiger partial charge on any atom is 0.274 e. The van der Waals surface area contributed by atoms with Gasteiger partial charge >= 0.3 is 0 Å². The topological polar surface area (TPSA) is 79.6 Å². The van der Waals surface area contributed by atoms with E-state index in [1.54, 1.807) is 17.5 Å². The molecule has 1 N–H and O–H groups in total. The molecule has 2 fully saturated rings. The van der Waals surface area contributed by atoms with Crippen molar-refractivity contribution in [2.75, 3.05) is 13.1 Å². The highest BCUT2D eigenvalue weighted by Gasteiger charge is 2.54. The van der Waals surface area contributed by atoms with Gasteiger partial charge in [-0.3, -0.25) is 14.0 Å². The standard InChI is InChI=1S/C24H23N5O2S2/c1-13-4-3-5-15(8-13)21-20(26-14(2)33-21)23(31)29-11-16-9-17(16)19(29)10-25-22(30)18-12-28-6-7-32-24(28)27-18/h3-8,12,16-17,19H,9-11H2,1-2H3,(H,25,30). The number of nitrogens with zero attached hydrogens (tertiary/aromatic N) is 4. The van der Waals surface area contributed by atoms with E-state index in [-0.39, 0.29) is 17.9 Å². The van der Waals surface area contributed by atoms with E-state index < -0.39 is 0 Å². The van der Waals surface area contributed by atoms with Crippen molar-refractivity contribution in [3.63, 3.8) is 0 Å². The van der Waals surface area contributed by atoms with Crippen molar-refractivity contribution in [1.29, 1.82) is 0 Å². The minimum atomic E-state index is -0.202. The zero-order valence-electron chi connectivity index (χ0n) is 18.3. The fourth-order valence-corrected chi connectivity index (χ4v) is 6.49. The van der Waals surface area contributed by atoms with Crippen LogP contribution in [0.15, 0.2) is 42.0 Å². The van der Waals surface area contributed by atoms with Gasteiger partial charge in [0.05, 0.1) is 15.9 Å². The second-order valence-electron chi connectivity index (χ2n) is 8.89. The number of fused-ring (bicyclic) bond motifs is 2. The van der Waals surface area contributed by atoms with Gasteiger partial charge in [0.25, 0.3) is 11.8 Å². The largest absolute Gasteiger partial charge is 0.349 e. The number of nitrogens with one attached hydrogen (secondary N) is 1. The third-order valence-electron chi connectivity index (χ3n) is 6.58. The van der Waals surface area contributed by atoms with Gasteiger partial charge < -0.3 is 10.2 Å². The van der Waals surface area contributed by atoms with Crippen molar-refractivity contribution in [1.82, 2.24) is 24.6 Å². The zero-order valence-corrected chi connectivity index (χ0v) is 19.9. The molecule has 1 aliphatic heterocycles. The first-order valence-electron chi connectivity index (χ1n) is 11.0. The lowest BCUT2D eigenvalue weighted by Crippen LogP contribution is -2.45. The summed E-state index contributed by atoms with van der Waals surface area (Å²) < 4.78 is 1.85. The van der Waals surface area contributed by atoms with E-state index in [4.69, 9.17) is 0 Å². The number of aromatic nitrogens is 3. The van der Waals surface area contributed by atoms with E-state index >= 15 is 0 Å². The van der Waals surface area contributed by atoms with Gasteiger partial charge in [0, 0.05) is 30.9 Å². The lowest BCUT2D eigenvalue weighted by molar-refractivity contribution is 0.0690. The SMILES string of the molecule is Cc1cccc(-c2sc(C)nc2C(=O)N2CC3CC3C2CNC(=O)c2cn3ccsc3n2)c1. The normalized spacial score (nSPS) is 21.4. The monoisotopic (exact) mass is 477 g/mol. The van der Waals surface area contributed by atoms with E-state index in [2.05, 4.69) is 34.3 Å². The zero-order chi connectivity index (χ0) is 22.7. The molecule has 6 rings (SSSR count). The molecule has 1 aliphatic carbocycles. The number of carbonyl (C=O) groups is 2. The first kappa shape index (κ1) is 20.6. The third kappa shape index (κ3) is 3.65. The van der Waals surface area contributed by atoms with Gasteiger partial charge in [0.15, 0.2) is 4.96 Å². The van der Waals surface area contributed by atoms with Gasteiger partial charge in [-0.2, -0.15) is 0 Å². The van der Waals surface area contributed by atoms with Gasteiger partial charge in [-0.25, -0.2) is 9.97 Å². The Hall–Kier alpha value is -3.04. The van der Waals surface area contributed by atoms with Crippen LogP contribution in [0, 0.1) is 25.7 Å². The Balaban J connectivity index is 1.22. The first-order chi connectivity index (χ1) is 16.0. The molecular weight excluding hydrogens is 454 g/mol. The average Bonchev–Trinajstić information content (AvgIpc) is 3.17. The molecule has 168 valence electrons. The summed E-state index contributed by atoms with van der Waals surface area (Å²) in [5, 5.41) is 5.84. The fourth-order valence-electron chi connectivity index (χ4n) is 4.88. The molecule has 7 nitrogen and oxygen atoms in total. The predicted molar refractivity (Wildman–Crippen MR) is 129 cm³/mol. The van der Waals surface area contributed by atoms with Crippen LogP contribution < -0.4 is 5.32 Å². The van der Waals surface area contributed by atoms with Crippen LogP contribution in [0.3, 0.4) is 0 Å². The molecule has 0 radical (unpaired) electrons. The minimum absolute atomic E-state index is 0.0115. The van der Waals surface area contributed by atoms with Crippen molar-refractivity contribution in [2.24, 2.45) is 11.8 Å². The van der Waals surface area contributed by atoms with Crippen LogP contribution in [0.1, 0.15) is 38.0 Å². The summed E-state index contributed by atoms with van der Waals surface area (Å²) in [7, 11) is 0. The maximum atomic E-state index is 13.7. The fraction of sp³-hybridized carbons (Fsp3) is 0.333. The smallest absolute Gasteiger partial charge is 0.274 e. The Kier molecular flexibility index (Phi) is 4.84. The molecule has 4 heterocycles. The molecule has 2 amide bonds. The van der Waals surface area contributed by atoms with Crippen LogP contribution in [0.5, 0.6) is 0 Å². The average molecular weight is 478 g/mol. The molecule has 0 spiro atoms. The lowest BCUT2D eigenvalue weighted by atomic mass is 10.1. The molecule has 9 heteroatoms. The Bertz CT molecular complexity index is 1360. The summed E-state index contributed by atoms with van der Waals surface area (Å²) in [5.41, 5.74) is 3.11. The quantitative estimate of drug-likeness (QED) is 0.471. The molecule has 33 heavy (non-hydrogen) atoms. The van der Waals surface area contributed by atoms with Crippen molar-refractivity contribution in [2.45, 2.75) is 26.3 Å². The number of aryl methyl sites for hydroxylation is 2. The van der Waals surface area contributed by atoms with E-state index in [0.29, 0.717) is 29.8 Å². The molecule has 1 saturated heterocycles. The third-order valence-corrected chi connectivity index (χ3v) is 8.37. The number of thiazole rings is 2. The van der Waals surface area contributed by atoms with Crippen LogP contribution in [-0.4, -0.2) is 50.2 Å². The molecule has 0 bridgehead atoms. The number of imidazole rings is 1. The van der Waals surface area contributed by atoms with Gasteiger partial charge in [-0.1, -0.05) is 29.8 Å². The van der Waals surface area contributed by atoms with Crippen molar-refractivity contribution in [3.8, 4) is 10.4 Å². The Morgan fingerprint density at radius 3 is 2.94 bits per heavy atom. The van der Waals surface area contributed by atoms with Crippen LogP contribution >= 0.6 is 22.7 Å². The second-order valence-corrected chi connectivity index (χ2v) is 11.0. The highest BCUT2D eigenvalue weighted by molar-refractivity contribution is 7.15. The Morgan fingerprint density at radius 2 is 2.12 bits per heavy atom. The molecule has 3 atom stereocenters. The summed E-state index contributed by atoms with van der Waals surface area (Å²) >= 11 is 3.05. The highest BCUT2D eigenvalue weighted by atomic mass is 32.1. The van der Waals surface area contributed by atoms with E-state index in [9.17, 15) is 9.59 Å². The first-order valence-corrected chi connectivity index (χ1v) is 12.7. The molecule has 1 aromatic carbocycles. The molecule has 4 aromatic rings. The summed E-state index contributed by atoms with van der Waals surface area (Å²) in [4.78, 5) is 39.0. The molecule has 3 aromatic heterocycles. The minimum Gasteiger partial charge on any atom is -0.349 e. The summed E-state index contributed by atoms with van der Waals surface area (Å²) in [6.45, 7) is 5.15. The van der Waals surface area contributed by atoms with Gasteiger partial charge in [0.2, 0.25) is 0 Å². The van der Waals surface area contributed by atoms with Gasteiger partial charge in [0.1, 0.15) is 11.4 Å². The molecule has 2 aliphatic rings. The Labute approximate surface area is 199 Å². The molecule has 3 unspecified atom stereocenters. The van der Waals surface area contributed by atoms with Gasteiger partial charge in [-0.15, -0.1) is 22.7 Å². The Morgan fingerprint density at radius 1 is 1.24 bits per heavy atom. The van der Waals surface area contributed by atoms with Crippen molar-refractivity contribution < 1.29 is 9.59 Å². The maximum absolute atomic E-state index is 13.7. The van der Waals surface area contributed by atoms with Crippen molar-refractivity contribution >= 4 is 39.4 Å². The molecule has 1 saturated carbocycles. The van der Waals surface area contributed by atoms with Crippen LogP contribution in [0.4, 0.5) is 0 Å². The van der Waals surface area contributed by atoms with Gasteiger partial charge in [-0.05, 0) is 37.7 Å². The highest BCUT2D eigenvalue weighted by Crippen LogP contribution is 2.50. The summed E-state index contributed by atoms with van der Waals surface area (Å²) in [6, 6.07) is 8.18. The molecular formula is C24H23N5O2S2. The number of likely N-dealkylation sites (tertiary alicyclic amines) is 1. The number of hydrogen-bond donors (Lipinski definition) is 1. The summed E-state index contributed by atoms with van der Waals surface area (Å²) in [6.07, 6.45) is 4.74. The van der Waals surface area contributed by atoms with E-state index in [1.165, 1.54) is 11.3 Å². The number of amides is 2. The van der Waals surface area contributed by atoms with Crippen molar-refractivity contribution in [3.05, 3.63) is 64.0 Å². The predicted octanol–water partition coefficient (Wildman–Crippen LogP) is 4.03. The second kappa shape index (κ2) is 7.78. The number of carbonyl (C=O) groups excluding carboxylic acids is 2. The van der Waals surface area contributed by atoms with Crippen LogP contribution in [-0.2, 0) is 0 Å². The number of hydrogen-bond acceptors (Lipinski definition) is 6. The number of benzene rings is 1. The number of rotatable bonds is 5.